The summed E-state index contributed by atoms with van der Waals surface area (Å²) >= 11 is 0. The molecule has 0 N–H and O–H groups in total. The van der Waals surface area contributed by atoms with E-state index in [9.17, 15) is 4.79 Å². The van der Waals surface area contributed by atoms with E-state index >= 15 is 0 Å². The van der Waals surface area contributed by atoms with E-state index in [-0.39, 0.29) is 5.78 Å². The zero-order valence-corrected chi connectivity index (χ0v) is 11.6. The first-order chi connectivity index (χ1) is 10.3. The predicted molar refractivity (Wildman–Crippen MR) is 84.1 cm³/mol. The second-order valence-electron chi connectivity index (χ2n) is 4.87. The Labute approximate surface area is 124 Å². The summed E-state index contributed by atoms with van der Waals surface area (Å²) in [5, 5.41) is 0. The van der Waals surface area contributed by atoms with Crippen LogP contribution in [0.2, 0.25) is 0 Å². The molecular weight excluding hydrogens is 258 g/mol. The minimum absolute atomic E-state index is 0.0931. The van der Waals surface area contributed by atoms with Gasteiger partial charge >= 0.3 is 0 Å². The lowest BCUT2D eigenvalue weighted by Gasteiger charge is -2.04. The van der Waals surface area contributed by atoms with Crippen LogP contribution in [0.15, 0.2) is 79.0 Å². The Morgan fingerprint density at radius 1 is 0.762 bits per heavy atom. The van der Waals surface area contributed by atoms with Crippen LogP contribution in [-0.4, -0.2) is 10.8 Å². The topological polar surface area (TPSA) is 30.0 Å². The van der Waals surface area contributed by atoms with Crippen LogP contribution in [0.4, 0.5) is 0 Å². The van der Waals surface area contributed by atoms with Gasteiger partial charge in [-0.3, -0.25) is 9.78 Å². The molecule has 0 saturated carbocycles. The van der Waals surface area contributed by atoms with Crippen LogP contribution in [0.25, 0.3) is 11.1 Å². The number of carbonyl (C=O) groups is 1. The number of hydrogen-bond acceptors (Lipinski definition) is 2. The molecule has 0 bridgehead atoms. The maximum Gasteiger partial charge on any atom is 0.168 e. The van der Waals surface area contributed by atoms with Crippen LogP contribution < -0.4 is 0 Å². The molecule has 2 aromatic carbocycles. The summed E-state index contributed by atoms with van der Waals surface area (Å²) in [5.74, 6) is 0.0931. The molecule has 102 valence electrons. The Balaban J connectivity index is 1.75. The van der Waals surface area contributed by atoms with Crippen LogP contribution in [0.1, 0.15) is 16.1 Å². The fraction of sp³-hybridized carbons (Fsp3) is 0.0526. The normalized spacial score (nSPS) is 10.3. The molecule has 0 aliphatic heterocycles. The smallest absolute Gasteiger partial charge is 0.168 e. The highest BCUT2D eigenvalue weighted by molar-refractivity contribution is 5.97. The lowest BCUT2D eigenvalue weighted by Crippen LogP contribution is -2.04. The zero-order chi connectivity index (χ0) is 14.5. The molecule has 0 spiro atoms. The van der Waals surface area contributed by atoms with Crippen molar-refractivity contribution in [1.29, 1.82) is 0 Å². The Bertz CT molecular complexity index is 719. The third-order valence-corrected chi connectivity index (χ3v) is 3.37. The summed E-state index contributed by atoms with van der Waals surface area (Å²) < 4.78 is 0. The van der Waals surface area contributed by atoms with Gasteiger partial charge in [0.15, 0.2) is 5.78 Å². The molecule has 2 nitrogen and oxygen atoms in total. The first-order valence-corrected chi connectivity index (χ1v) is 6.91. The van der Waals surface area contributed by atoms with E-state index in [0.717, 1.165) is 22.4 Å². The maximum atomic E-state index is 12.1. The number of hydrogen-bond donors (Lipinski definition) is 0. The van der Waals surface area contributed by atoms with Crippen molar-refractivity contribution in [2.75, 3.05) is 0 Å². The van der Waals surface area contributed by atoms with Crippen molar-refractivity contribution in [2.24, 2.45) is 0 Å². The van der Waals surface area contributed by atoms with Gasteiger partial charge in [0.25, 0.3) is 0 Å². The summed E-state index contributed by atoms with van der Waals surface area (Å²) in [6.07, 6.45) is 2.15. The van der Waals surface area contributed by atoms with Crippen LogP contribution in [0.5, 0.6) is 0 Å². The van der Waals surface area contributed by atoms with Gasteiger partial charge in [0, 0.05) is 23.0 Å². The minimum atomic E-state index is 0.0931. The molecule has 0 saturated heterocycles. The van der Waals surface area contributed by atoms with Gasteiger partial charge in [-0.05, 0) is 11.6 Å². The first-order valence-electron chi connectivity index (χ1n) is 6.91. The number of pyridine rings is 1. The summed E-state index contributed by atoms with van der Waals surface area (Å²) in [6.45, 7) is 0. The van der Waals surface area contributed by atoms with Crippen molar-refractivity contribution in [3.05, 3.63) is 90.3 Å². The number of Topliss-reactive ketones (excluding diaryl/α,β-unsaturated/α-hetero) is 1. The molecule has 0 aliphatic carbocycles. The third-order valence-electron chi connectivity index (χ3n) is 3.37. The summed E-state index contributed by atoms with van der Waals surface area (Å²) in [7, 11) is 0. The minimum Gasteiger partial charge on any atom is -0.294 e. The second kappa shape index (κ2) is 6.14. The standard InChI is InChI=1S/C19H15NO/c21-19(16-9-5-2-6-10-16)13-18-12-11-17(14-20-18)15-7-3-1-4-8-15/h1-12,14H,13H2. The number of rotatable bonds is 4. The van der Waals surface area contributed by atoms with E-state index in [1.54, 1.807) is 0 Å². The molecule has 1 heterocycles. The summed E-state index contributed by atoms with van der Waals surface area (Å²) in [4.78, 5) is 16.5. The molecule has 0 unspecified atom stereocenters. The SMILES string of the molecule is O=C(Cc1ccc(-c2ccccc2)cn1)c1ccccc1. The molecule has 0 aliphatic rings. The molecule has 21 heavy (non-hydrogen) atoms. The van der Waals surface area contributed by atoms with Crippen molar-refractivity contribution < 1.29 is 4.79 Å². The fourth-order valence-corrected chi connectivity index (χ4v) is 2.22. The summed E-state index contributed by atoms with van der Waals surface area (Å²) in [5.41, 5.74) is 3.72. The van der Waals surface area contributed by atoms with E-state index in [1.807, 2.05) is 79.0 Å². The highest BCUT2D eigenvalue weighted by atomic mass is 16.1. The number of benzene rings is 2. The second-order valence-corrected chi connectivity index (χ2v) is 4.87. The van der Waals surface area contributed by atoms with Crippen LogP contribution >= 0.6 is 0 Å². The van der Waals surface area contributed by atoms with Crippen molar-refractivity contribution in [3.63, 3.8) is 0 Å². The quantitative estimate of drug-likeness (QED) is 0.668. The number of nitrogens with zero attached hydrogens (tertiary/aromatic N) is 1. The molecule has 0 radical (unpaired) electrons. The van der Waals surface area contributed by atoms with Gasteiger partial charge in [-0.1, -0.05) is 66.7 Å². The largest absolute Gasteiger partial charge is 0.294 e. The van der Waals surface area contributed by atoms with Crippen molar-refractivity contribution in [2.45, 2.75) is 6.42 Å². The molecule has 0 fully saturated rings. The molecule has 0 amide bonds. The Morgan fingerprint density at radius 3 is 2.05 bits per heavy atom. The van der Waals surface area contributed by atoms with Gasteiger partial charge in [-0.25, -0.2) is 0 Å². The molecule has 1 aromatic heterocycles. The van der Waals surface area contributed by atoms with E-state index in [4.69, 9.17) is 0 Å². The maximum absolute atomic E-state index is 12.1. The Morgan fingerprint density at radius 2 is 1.43 bits per heavy atom. The van der Waals surface area contributed by atoms with E-state index in [1.165, 1.54) is 0 Å². The van der Waals surface area contributed by atoms with Gasteiger partial charge < -0.3 is 0 Å². The van der Waals surface area contributed by atoms with Crippen molar-refractivity contribution in [1.82, 2.24) is 4.98 Å². The van der Waals surface area contributed by atoms with Gasteiger partial charge in [0.1, 0.15) is 0 Å². The van der Waals surface area contributed by atoms with E-state index < -0.39 is 0 Å². The first kappa shape index (κ1) is 13.3. The van der Waals surface area contributed by atoms with Crippen molar-refractivity contribution >= 4 is 5.78 Å². The van der Waals surface area contributed by atoms with Crippen LogP contribution in [0, 0.1) is 0 Å². The molecular formula is C19H15NO. The average Bonchev–Trinajstić information content (AvgIpc) is 2.57. The Hall–Kier alpha value is -2.74. The highest BCUT2D eigenvalue weighted by Crippen LogP contribution is 2.18. The van der Waals surface area contributed by atoms with E-state index in [0.29, 0.717) is 6.42 Å². The number of ketones is 1. The number of carbonyl (C=O) groups excluding carboxylic acids is 1. The monoisotopic (exact) mass is 273 g/mol. The highest BCUT2D eigenvalue weighted by Gasteiger charge is 2.07. The van der Waals surface area contributed by atoms with Crippen molar-refractivity contribution in [3.8, 4) is 11.1 Å². The van der Waals surface area contributed by atoms with Gasteiger partial charge in [-0.2, -0.15) is 0 Å². The summed E-state index contributed by atoms with van der Waals surface area (Å²) in [6, 6.07) is 23.3. The van der Waals surface area contributed by atoms with Gasteiger partial charge in [0.2, 0.25) is 0 Å². The zero-order valence-electron chi connectivity index (χ0n) is 11.6. The molecule has 2 heteroatoms. The number of aromatic nitrogens is 1. The molecule has 3 rings (SSSR count). The van der Waals surface area contributed by atoms with E-state index in [2.05, 4.69) is 4.98 Å². The lowest BCUT2D eigenvalue weighted by molar-refractivity contribution is 0.0992. The van der Waals surface area contributed by atoms with Crippen LogP contribution in [0.3, 0.4) is 0 Å². The molecule has 0 atom stereocenters. The predicted octanol–water partition coefficient (Wildman–Crippen LogP) is 4.17. The molecule has 3 aromatic rings. The van der Waals surface area contributed by atoms with Gasteiger partial charge in [0.05, 0.1) is 6.42 Å². The average molecular weight is 273 g/mol. The fourth-order valence-electron chi connectivity index (χ4n) is 2.22. The third kappa shape index (κ3) is 3.23. The van der Waals surface area contributed by atoms with Crippen LogP contribution in [-0.2, 0) is 6.42 Å². The van der Waals surface area contributed by atoms with Gasteiger partial charge in [-0.15, -0.1) is 0 Å². The lowest BCUT2D eigenvalue weighted by atomic mass is 10.0. The Kier molecular flexibility index (Phi) is 3.88.